The van der Waals surface area contributed by atoms with Crippen molar-refractivity contribution in [1.82, 2.24) is 5.43 Å². The largest absolute Gasteiger partial charge is 0.493 e. The van der Waals surface area contributed by atoms with E-state index >= 15 is 0 Å². The van der Waals surface area contributed by atoms with E-state index in [2.05, 4.69) is 33.1 Å². The van der Waals surface area contributed by atoms with Gasteiger partial charge in [-0.2, -0.15) is 5.10 Å². The van der Waals surface area contributed by atoms with Crippen LogP contribution in [0.1, 0.15) is 23.0 Å². The molecular weight excluding hydrogens is 399 g/mol. The third-order valence-corrected chi connectivity index (χ3v) is 3.47. The molecule has 0 aliphatic heterocycles. The number of halogens is 1. The molecule has 22 heavy (non-hydrogen) atoms. The summed E-state index contributed by atoms with van der Waals surface area (Å²) in [5, 5.41) is 3.91. The van der Waals surface area contributed by atoms with Crippen LogP contribution in [0.2, 0.25) is 0 Å². The van der Waals surface area contributed by atoms with E-state index in [0.29, 0.717) is 18.1 Å². The second kappa shape index (κ2) is 7.83. The molecule has 2 aromatic rings. The van der Waals surface area contributed by atoms with Gasteiger partial charge in [0.1, 0.15) is 0 Å². The maximum atomic E-state index is 11.7. The van der Waals surface area contributed by atoms with Crippen LogP contribution in [0, 0.1) is 3.57 Å². The Bertz CT molecular complexity index is 668. The van der Waals surface area contributed by atoms with Gasteiger partial charge in [0.05, 0.1) is 29.8 Å². The molecule has 0 saturated heterocycles. The molecule has 1 aromatic heterocycles. The zero-order valence-electron chi connectivity index (χ0n) is 12.1. The van der Waals surface area contributed by atoms with Crippen LogP contribution in [0.5, 0.6) is 11.5 Å². The number of furan rings is 1. The molecule has 0 atom stereocenters. The fraction of sp³-hybridized carbons (Fsp3) is 0.200. The molecule has 6 nitrogen and oxygen atoms in total. The molecule has 1 heterocycles. The average Bonchev–Trinajstić information content (AvgIpc) is 3.04. The molecule has 116 valence electrons. The number of carbonyl (C=O) groups is 1. The molecule has 7 heteroatoms. The van der Waals surface area contributed by atoms with Crippen LogP contribution in [-0.2, 0) is 0 Å². The van der Waals surface area contributed by atoms with Gasteiger partial charge >= 0.3 is 5.91 Å². The highest BCUT2D eigenvalue weighted by Crippen LogP contribution is 2.33. The summed E-state index contributed by atoms with van der Waals surface area (Å²) in [6.07, 6.45) is 2.96. The van der Waals surface area contributed by atoms with Gasteiger partial charge in [0.15, 0.2) is 17.3 Å². The Balaban J connectivity index is 2.11. The van der Waals surface area contributed by atoms with Gasteiger partial charge < -0.3 is 13.9 Å². The molecule has 0 fully saturated rings. The number of hydrogen-bond donors (Lipinski definition) is 1. The Kier molecular flexibility index (Phi) is 5.82. The summed E-state index contributed by atoms with van der Waals surface area (Å²) in [6, 6.07) is 6.87. The third-order valence-electron chi connectivity index (χ3n) is 2.67. The molecule has 0 aliphatic carbocycles. The third kappa shape index (κ3) is 4.00. The second-order valence-electron chi connectivity index (χ2n) is 4.14. The predicted molar refractivity (Wildman–Crippen MR) is 90.6 cm³/mol. The second-order valence-corrected chi connectivity index (χ2v) is 5.31. The lowest BCUT2D eigenvalue weighted by Crippen LogP contribution is -2.16. The molecule has 1 amide bonds. The van der Waals surface area contributed by atoms with Crippen LogP contribution >= 0.6 is 22.6 Å². The maximum Gasteiger partial charge on any atom is 0.307 e. The highest BCUT2D eigenvalue weighted by atomic mass is 127. The SMILES string of the molecule is CCOc1c(I)cc(/C=N/NC(=O)c2ccco2)cc1OC. The lowest BCUT2D eigenvalue weighted by atomic mass is 10.2. The number of rotatable bonds is 6. The number of carbonyl (C=O) groups excluding carboxylic acids is 1. The first kappa shape index (κ1) is 16.3. The molecule has 1 N–H and O–H groups in total. The van der Waals surface area contributed by atoms with Crippen molar-refractivity contribution in [3.8, 4) is 11.5 Å². The molecule has 0 aliphatic rings. The van der Waals surface area contributed by atoms with Crippen molar-refractivity contribution in [2.24, 2.45) is 5.10 Å². The summed E-state index contributed by atoms with van der Waals surface area (Å²) in [4.78, 5) is 11.7. The molecule has 0 radical (unpaired) electrons. The van der Waals surface area contributed by atoms with Gasteiger partial charge in [-0.25, -0.2) is 5.43 Å². The van der Waals surface area contributed by atoms with E-state index < -0.39 is 5.91 Å². The number of nitrogens with zero attached hydrogens (tertiary/aromatic N) is 1. The van der Waals surface area contributed by atoms with E-state index in [1.807, 2.05) is 13.0 Å². The van der Waals surface area contributed by atoms with Crippen molar-refractivity contribution in [1.29, 1.82) is 0 Å². The first-order valence-corrected chi connectivity index (χ1v) is 7.60. The van der Waals surface area contributed by atoms with E-state index in [1.54, 1.807) is 25.3 Å². The lowest BCUT2D eigenvalue weighted by Gasteiger charge is -2.11. The normalized spacial score (nSPS) is 10.7. The predicted octanol–water partition coefficient (Wildman–Crippen LogP) is 3.06. The summed E-state index contributed by atoms with van der Waals surface area (Å²) in [5.74, 6) is 1.11. The first-order valence-electron chi connectivity index (χ1n) is 6.53. The molecule has 2 rings (SSSR count). The Labute approximate surface area is 141 Å². The molecular formula is C15H15IN2O4. The minimum Gasteiger partial charge on any atom is -0.493 e. The monoisotopic (exact) mass is 414 g/mol. The Morgan fingerprint density at radius 1 is 1.50 bits per heavy atom. The zero-order chi connectivity index (χ0) is 15.9. The van der Waals surface area contributed by atoms with Gasteiger partial charge in [-0.15, -0.1) is 0 Å². The van der Waals surface area contributed by atoms with E-state index in [0.717, 1.165) is 9.13 Å². The number of hydrogen-bond acceptors (Lipinski definition) is 5. The molecule has 0 unspecified atom stereocenters. The minimum atomic E-state index is -0.408. The van der Waals surface area contributed by atoms with Gasteiger partial charge in [-0.3, -0.25) is 4.79 Å². The van der Waals surface area contributed by atoms with Crippen molar-refractivity contribution in [3.05, 3.63) is 45.4 Å². The molecule has 0 bridgehead atoms. The van der Waals surface area contributed by atoms with Crippen LogP contribution in [-0.4, -0.2) is 25.8 Å². The average molecular weight is 414 g/mol. The van der Waals surface area contributed by atoms with Crippen molar-refractivity contribution < 1.29 is 18.7 Å². The van der Waals surface area contributed by atoms with Gasteiger partial charge in [-0.1, -0.05) is 0 Å². The molecule has 0 spiro atoms. The number of ether oxygens (including phenoxy) is 2. The Morgan fingerprint density at radius 3 is 2.95 bits per heavy atom. The summed E-state index contributed by atoms with van der Waals surface area (Å²) in [6.45, 7) is 2.47. The van der Waals surface area contributed by atoms with Crippen molar-refractivity contribution >= 4 is 34.7 Å². The fourth-order valence-electron chi connectivity index (χ4n) is 1.73. The van der Waals surface area contributed by atoms with E-state index in [-0.39, 0.29) is 5.76 Å². The Morgan fingerprint density at radius 2 is 2.32 bits per heavy atom. The topological polar surface area (TPSA) is 73.1 Å². The summed E-state index contributed by atoms with van der Waals surface area (Å²) < 4.78 is 16.7. The van der Waals surface area contributed by atoms with E-state index in [1.165, 1.54) is 12.5 Å². The van der Waals surface area contributed by atoms with Crippen molar-refractivity contribution in [3.63, 3.8) is 0 Å². The van der Waals surface area contributed by atoms with Crippen molar-refractivity contribution in [2.45, 2.75) is 6.92 Å². The van der Waals surface area contributed by atoms with Gasteiger partial charge in [-0.05, 0) is 59.3 Å². The summed E-state index contributed by atoms with van der Waals surface area (Å²) in [7, 11) is 1.58. The van der Waals surface area contributed by atoms with E-state index in [4.69, 9.17) is 13.9 Å². The minimum absolute atomic E-state index is 0.205. The maximum absolute atomic E-state index is 11.7. The number of nitrogens with one attached hydrogen (secondary N) is 1. The van der Waals surface area contributed by atoms with Crippen LogP contribution in [0.25, 0.3) is 0 Å². The first-order chi connectivity index (χ1) is 10.7. The number of hydrazone groups is 1. The fourth-order valence-corrected chi connectivity index (χ4v) is 2.51. The molecule has 1 aromatic carbocycles. The van der Waals surface area contributed by atoms with E-state index in [9.17, 15) is 4.79 Å². The quantitative estimate of drug-likeness (QED) is 0.448. The highest BCUT2D eigenvalue weighted by molar-refractivity contribution is 14.1. The standard InChI is InChI=1S/C15H15IN2O4/c1-3-21-14-11(16)7-10(8-13(14)20-2)9-17-18-15(19)12-5-4-6-22-12/h4-9H,3H2,1-2H3,(H,18,19)/b17-9+. The Hall–Kier alpha value is -2.03. The van der Waals surface area contributed by atoms with Crippen LogP contribution in [0.3, 0.4) is 0 Å². The van der Waals surface area contributed by atoms with Gasteiger partial charge in [0.25, 0.3) is 0 Å². The molecule has 0 saturated carbocycles. The van der Waals surface area contributed by atoms with Crippen LogP contribution < -0.4 is 14.9 Å². The summed E-state index contributed by atoms with van der Waals surface area (Å²) in [5.41, 5.74) is 3.17. The van der Waals surface area contributed by atoms with Crippen LogP contribution in [0.15, 0.2) is 40.0 Å². The number of amides is 1. The lowest BCUT2D eigenvalue weighted by molar-refractivity contribution is 0.0927. The summed E-state index contributed by atoms with van der Waals surface area (Å²) >= 11 is 2.16. The number of benzene rings is 1. The van der Waals surface area contributed by atoms with Gasteiger partial charge in [0, 0.05) is 0 Å². The smallest absolute Gasteiger partial charge is 0.307 e. The van der Waals surface area contributed by atoms with Gasteiger partial charge in [0.2, 0.25) is 0 Å². The van der Waals surface area contributed by atoms with Crippen molar-refractivity contribution in [2.75, 3.05) is 13.7 Å². The number of methoxy groups -OCH3 is 1. The zero-order valence-corrected chi connectivity index (χ0v) is 14.3. The highest BCUT2D eigenvalue weighted by Gasteiger charge is 2.11. The van der Waals surface area contributed by atoms with Crippen LogP contribution in [0.4, 0.5) is 0 Å².